The van der Waals surface area contributed by atoms with E-state index < -0.39 is 15.9 Å². The molecule has 0 atom stereocenters. The minimum Gasteiger partial charge on any atom is -0.484 e. The number of ether oxygens (including phenoxy) is 1. The van der Waals surface area contributed by atoms with Crippen molar-refractivity contribution in [3.8, 4) is 5.75 Å². The first-order valence-electron chi connectivity index (χ1n) is 7.00. The standard InChI is InChI=1S/C16H17ClN2O4S/c1-19(2)24(21,22)15-8-4-6-13(10-15)18-16(20)11-23-14-7-3-5-12(17)9-14/h3-10H,11H2,1-2H3,(H,18,20). The molecule has 0 radical (unpaired) electrons. The summed E-state index contributed by atoms with van der Waals surface area (Å²) in [6.45, 7) is -0.217. The number of nitrogens with one attached hydrogen (secondary N) is 1. The van der Waals surface area contributed by atoms with Gasteiger partial charge in [-0.15, -0.1) is 0 Å². The summed E-state index contributed by atoms with van der Waals surface area (Å²) in [5.74, 6) is 0.0657. The molecule has 0 unspecified atom stereocenters. The van der Waals surface area contributed by atoms with Gasteiger partial charge in [-0.05, 0) is 36.4 Å². The van der Waals surface area contributed by atoms with Crippen LogP contribution in [0.5, 0.6) is 5.75 Å². The lowest BCUT2D eigenvalue weighted by Gasteiger charge is -2.13. The van der Waals surface area contributed by atoms with Gasteiger partial charge in [0.1, 0.15) is 5.75 Å². The van der Waals surface area contributed by atoms with Gasteiger partial charge in [-0.25, -0.2) is 12.7 Å². The van der Waals surface area contributed by atoms with Gasteiger partial charge in [0, 0.05) is 24.8 Å². The highest BCUT2D eigenvalue weighted by atomic mass is 35.5. The SMILES string of the molecule is CN(C)S(=O)(=O)c1cccc(NC(=O)COc2cccc(Cl)c2)c1. The van der Waals surface area contributed by atoms with E-state index in [9.17, 15) is 13.2 Å². The molecule has 0 saturated carbocycles. The lowest BCUT2D eigenvalue weighted by molar-refractivity contribution is -0.118. The molecule has 1 amide bonds. The van der Waals surface area contributed by atoms with Crippen molar-refractivity contribution < 1.29 is 17.9 Å². The zero-order chi connectivity index (χ0) is 17.7. The van der Waals surface area contributed by atoms with Crippen molar-refractivity contribution >= 4 is 33.2 Å². The second kappa shape index (κ2) is 7.65. The van der Waals surface area contributed by atoms with Crippen LogP contribution in [0.2, 0.25) is 5.02 Å². The Morgan fingerprint density at radius 1 is 1.17 bits per heavy atom. The lowest BCUT2D eigenvalue weighted by Crippen LogP contribution is -2.23. The molecule has 2 aromatic carbocycles. The first-order valence-corrected chi connectivity index (χ1v) is 8.81. The molecule has 24 heavy (non-hydrogen) atoms. The minimum atomic E-state index is -3.56. The van der Waals surface area contributed by atoms with Crippen molar-refractivity contribution in [3.63, 3.8) is 0 Å². The Hall–Kier alpha value is -2.09. The molecule has 0 bridgehead atoms. The van der Waals surface area contributed by atoms with Crippen molar-refractivity contribution in [2.24, 2.45) is 0 Å². The van der Waals surface area contributed by atoms with Gasteiger partial charge >= 0.3 is 0 Å². The van der Waals surface area contributed by atoms with E-state index in [0.717, 1.165) is 4.31 Å². The molecule has 6 nitrogen and oxygen atoms in total. The van der Waals surface area contributed by atoms with Crippen molar-refractivity contribution in [3.05, 3.63) is 53.6 Å². The molecule has 0 fully saturated rings. The van der Waals surface area contributed by atoms with Crippen molar-refractivity contribution in [2.75, 3.05) is 26.0 Å². The third-order valence-corrected chi connectivity index (χ3v) is 5.11. The predicted octanol–water partition coefficient (Wildman–Crippen LogP) is 2.61. The van der Waals surface area contributed by atoms with Crippen LogP contribution < -0.4 is 10.1 Å². The minimum absolute atomic E-state index is 0.0982. The van der Waals surface area contributed by atoms with Crippen molar-refractivity contribution in [1.29, 1.82) is 0 Å². The first kappa shape index (κ1) is 18.3. The van der Waals surface area contributed by atoms with Gasteiger partial charge in [-0.3, -0.25) is 4.79 Å². The fraction of sp³-hybridized carbons (Fsp3) is 0.188. The Bertz CT molecular complexity index is 837. The fourth-order valence-corrected chi connectivity index (χ4v) is 2.98. The largest absolute Gasteiger partial charge is 0.484 e. The summed E-state index contributed by atoms with van der Waals surface area (Å²) < 4.78 is 30.6. The zero-order valence-corrected chi connectivity index (χ0v) is 14.8. The summed E-state index contributed by atoms with van der Waals surface area (Å²) in [5, 5.41) is 3.11. The summed E-state index contributed by atoms with van der Waals surface area (Å²) in [6, 6.07) is 12.7. The van der Waals surface area contributed by atoms with Crippen LogP contribution in [0.25, 0.3) is 0 Å². The molecular weight excluding hydrogens is 352 g/mol. The fourth-order valence-electron chi connectivity index (χ4n) is 1.85. The third kappa shape index (κ3) is 4.70. The van der Waals surface area contributed by atoms with Gasteiger partial charge in [0.15, 0.2) is 6.61 Å². The highest BCUT2D eigenvalue weighted by Gasteiger charge is 2.17. The van der Waals surface area contributed by atoms with Gasteiger partial charge in [0.25, 0.3) is 5.91 Å². The monoisotopic (exact) mass is 368 g/mol. The van der Waals surface area contributed by atoms with Gasteiger partial charge in [0.05, 0.1) is 4.90 Å². The van der Waals surface area contributed by atoms with E-state index in [1.165, 1.54) is 26.2 Å². The molecule has 0 heterocycles. The van der Waals surface area contributed by atoms with Crippen LogP contribution in [0.3, 0.4) is 0 Å². The summed E-state index contributed by atoms with van der Waals surface area (Å²) in [5.41, 5.74) is 0.373. The number of halogens is 1. The average molecular weight is 369 g/mol. The topological polar surface area (TPSA) is 75.7 Å². The van der Waals surface area contributed by atoms with Gasteiger partial charge < -0.3 is 10.1 Å². The van der Waals surface area contributed by atoms with Crippen LogP contribution in [0.4, 0.5) is 5.69 Å². The summed E-state index contributed by atoms with van der Waals surface area (Å²) in [6.07, 6.45) is 0. The number of hydrogen-bond acceptors (Lipinski definition) is 4. The number of amides is 1. The zero-order valence-electron chi connectivity index (χ0n) is 13.2. The van der Waals surface area contributed by atoms with Gasteiger partial charge in [-0.1, -0.05) is 23.7 Å². The second-order valence-electron chi connectivity index (χ2n) is 5.11. The second-order valence-corrected chi connectivity index (χ2v) is 7.70. The maximum atomic E-state index is 12.1. The Kier molecular flexibility index (Phi) is 5.82. The van der Waals surface area contributed by atoms with Gasteiger partial charge in [0.2, 0.25) is 10.0 Å². The number of sulfonamides is 1. The number of rotatable bonds is 6. The molecule has 8 heteroatoms. The lowest BCUT2D eigenvalue weighted by atomic mass is 10.3. The van der Waals surface area contributed by atoms with Crippen LogP contribution in [-0.4, -0.2) is 39.3 Å². The molecule has 0 aromatic heterocycles. The summed E-state index contributed by atoms with van der Waals surface area (Å²) in [4.78, 5) is 12.0. The number of anilines is 1. The molecule has 2 aromatic rings. The molecule has 0 spiro atoms. The Morgan fingerprint density at radius 3 is 2.54 bits per heavy atom. The molecule has 0 saturated heterocycles. The van der Waals surface area contributed by atoms with Crippen LogP contribution in [0, 0.1) is 0 Å². The average Bonchev–Trinajstić information content (AvgIpc) is 2.53. The van der Waals surface area contributed by atoms with Crippen LogP contribution >= 0.6 is 11.6 Å². The van der Waals surface area contributed by atoms with Gasteiger partial charge in [-0.2, -0.15) is 0 Å². The number of hydrogen-bond donors (Lipinski definition) is 1. The first-order chi connectivity index (χ1) is 11.3. The molecule has 0 aliphatic rings. The van der Waals surface area contributed by atoms with Crippen LogP contribution in [0.15, 0.2) is 53.4 Å². The highest BCUT2D eigenvalue weighted by molar-refractivity contribution is 7.89. The Morgan fingerprint density at radius 2 is 1.88 bits per heavy atom. The third-order valence-electron chi connectivity index (χ3n) is 3.06. The van der Waals surface area contributed by atoms with E-state index >= 15 is 0 Å². The maximum absolute atomic E-state index is 12.1. The highest BCUT2D eigenvalue weighted by Crippen LogP contribution is 2.19. The maximum Gasteiger partial charge on any atom is 0.262 e. The van der Waals surface area contributed by atoms with E-state index in [1.807, 2.05) is 0 Å². The van der Waals surface area contributed by atoms with Crippen molar-refractivity contribution in [1.82, 2.24) is 4.31 Å². The molecule has 0 aliphatic carbocycles. The van der Waals surface area contributed by atoms with E-state index in [2.05, 4.69) is 5.32 Å². The number of benzene rings is 2. The van der Waals surface area contributed by atoms with E-state index in [1.54, 1.807) is 36.4 Å². The Labute approximate surface area is 146 Å². The molecule has 1 N–H and O–H groups in total. The molecule has 2 rings (SSSR count). The van der Waals surface area contributed by atoms with Crippen LogP contribution in [-0.2, 0) is 14.8 Å². The van der Waals surface area contributed by atoms with E-state index in [-0.39, 0.29) is 11.5 Å². The number of nitrogens with zero attached hydrogens (tertiary/aromatic N) is 1. The quantitative estimate of drug-likeness (QED) is 0.850. The molecule has 0 aliphatic heterocycles. The predicted molar refractivity (Wildman–Crippen MR) is 92.9 cm³/mol. The summed E-state index contributed by atoms with van der Waals surface area (Å²) in [7, 11) is -0.671. The summed E-state index contributed by atoms with van der Waals surface area (Å²) >= 11 is 5.83. The number of carbonyl (C=O) groups is 1. The van der Waals surface area contributed by atoms with E-state index in [4.69, 9.17) is 16.3 Å². The van der Waals surface area contributed by atoms with Crippen molar-refractivity contribution in [2.45, 2.75) is 4.90 Å². The smallest absolute Gasteiger partial charge is 0.262 e. The van der Waals surface area contributed by atoms with Crippen LogP contribution in [0.1, 0.15) is 0 Å². The molecular formula is C16H17ClN2O4S. The molecule has 128 valence electrons. The Balaban J connectivity index is 2.02. The normalized spacial score (nSPS) is 11.3. The van der Waals surface area contributed by atoms with E-state index in [0.29, 0.717) is 16.5 Å². The number of carbonyl (C=O) groups excluding carboxylic acids is 1.